The zero-order chi connectivity index (χ0) is 13.8. The van der Waals surface area contributed by atoms with Crippen molar-refractivity contribution in [2.75, 3.05) is 18.9 Å². The number of anilines is 1. The molecule has 0 atom stereocenters. The molecule has 6 nitrogen and oxygen atoms in total. The second kappa shape index (κ2) is 6.91. The number of aliphatic carboxylic acids is 1. The predicted molar refractivity (Wildman–Crippen MR) is 77.7 cm³/mol. The van der Waals surface area contributed by atoms with Crippen molar-refractivity contribution in [1.29, 1.82) is 0 Å². The number of hydrogen-bond acceptors (Lipinski definition) is 4. The SMILES string of the molecule is CN1Cc2cc(/C=C/C(=O)O)cnc2NCCC1=O.Cl. The summed E-state index contributed by atoms with van der Waals surface area (Å²) in [4.78, 5) is 28.0. The fourth-order valence-electron chi connectivity index (χ4n) is 1.89. The Morgan fingerprint density at radius 2 is 2.30 bits per heavy atom. The second-order valence-corrected chi connectivity index (χ2v) is 4.37. The molecule has 20 heavy (non-hydrogen) atoms. The minimum Gasteiger partial charge on any atom is -0.478 e. The molecule has 7 heteroatoms. The average molecular weight is 298 g/mol. The Labute approximate surface area is 122 Å². The molecule has 1 aromatic rings. The summed E-state index contributed by atoms with van der Waals surface area (Å²) in [5, 5.41) is 11.7. The summed E-state index contributed by atoms with van der Waals surface area (Å²) >= 11 is 0. The maximum Gasteiger partial charge on any atom is 0.328 e. The summed E-state index contributed by atoms with van der Waals surface area (Å²) in [5.74, 6) is -0.186. The number of carbonyl (C=O) groups is 2. The van der Waals surface area contributed by atoms with Gasteiger partial charge in [0, 0.05) is 44.4 Å². The van der Waals surface area contributed by atoms with Gasteiger partial charge in [-0.1, -0.05) is 0 Å². The predicted octanol–water partition coefficient (Wildman–Crippen LogP) is 1.38. The molecule has 1 amide bonds. The van der Waals surface area contributed by atoms with Crippen molar-refractivity contribution in [2.24, 2.45) is 0 Å². The first-order valence-corrected chi connectivity index (χ1v) is 5.94. The summed E-state index contributed by atoms with van der Waals surface area (Å²) in [7, 11) is 1.75. The van der Waals surface area contributed by atoms with Crippen molar-refractivity contribution in [2.45, 2.75) is 13.0 Å². The Balaban J connectivity index is 0.00000200. The first kappa shape index (κ1) is 16.0. The van der Waals surface area contributed by atoms with Crippen LogP contribution in [0.5, 0.6) is 0 Å². The fraction of sp³-hybridized carbons (Fsp3) is 0.308. The highest BCUT2D eigenvalue weighted by Gasteiger charge is 2.16. The smallest absolute Gasteiger partial charge is 0.328 e. The molecule has 0 saturated heterocycles. The van der Waals surface area contributed by atoms with E-state index in [2.05, 4.69) is 10.3 Å². The largest absolute Gasteiger partial charge is 0.478 e. The van der Waals surface area contributed by atoms with Crippen molar-refractivity contribution >= 4 is 36.2 Å². The van der Waals surface area contributed by atoms with Crippen LogP contribution in [0, 0.1) is 0 Å². The molecule has 0 saturated carbocycles. The Kier molecular flexibility index (Phi) is 5.52. The van der Waals surface area contributed by atoms with Crippen LogP contribution >= 0.6 is 12.4 Å². The molecule has 2 rings (SSSR count). The number of carbonyl (C=O) groups excluding carboxylic acids is 1. The minimum atomic E-state index is -1.00. The van der Waals surface area contributed by atoms with Gasteiger partial charge < -0.3 is 15.3 Å². The third kappa shape index (κ3) is 3.96. The average Bonchev–Trinajstić information content (AvgIpc) is 2.36. The lowest BCUT2D eigenvalue weighted by molar-refractivity contribution is -0.131. The Hall–Kier alpha value is -2.08. The molecule has 1 aromatic heterocycles. The van der Waals surface area contributed by atoms with E-state index in [4.69, 9.17) is 5.11 Å². The van der Waals surface area contributed by atoms with Crippen LogP contribution in [0.1, 0.15) is 17.5 Å². The van der Waals surface area contributed by atoms with E-state index in [0.717, 1.165) is 17.5 Å². The van der Waals surface area contributed by atoms with E-state index >= 15 is 0 Å². The van der Waals surface area contributed by atoms with Gasteiger partial charge in [0.1, 0.15) is 5.82 Å². The molecule has 2 heterocycles. The fourth-order valence-corrected chi connectivity index (χ4v) is 1.89. The Bertz CT molecular complexity index is 546. The third-order valence-electron chi connectivity index (χ3n) is 2.87. The standard InChI is InChI=1S/C13H15N3O3.ClH/c1-16-8-10-6-9(2-3-12(18)19)7-15-13(10)14-5-4-11(16)17;/h2-3,6-7H,4-5,8H2,1H3,(H,14,15)(H,18,19);1H/b3-2+;. The van der Waals surface area contributed by atoms with Gasteiger partial charge in [-0.05, 0) is 17.7 Å². The van der Waals surface area contributed by atoms with Crippen LogP contribution in [0.2, 0.25) is 0 Å². The summed E-state index contributed by atoms with van der Waals surface area (Å²) in [5.41, 5.74) is 1.58. The van der Waals surface area contributed by atoms with Gasteiger partial charge in [-0.2, -0.15) is 0 Å². The van der Waals surface area contributed by atoms with E-state index in [-0.39, 0.29) is 18.3 Å². The van der Waals surface area contributed by atoms with Gasteiger partial charge in [-0.3, -0.25) is 4.79 Å². The third-order valence-corrected chi connectivity index (χ3v) is 2.87. The van der Waals surface area contributed by atoms with Gasteiger partial charge in [0.05, 0.1) is 0 Å². The first-order chi connectivity index (χ1) is 9.06. The Morgan fingerprint density at radius 1 is 1.55 bits per heavy atom. The number of amides is 1. The normalized spacial score (nSPS) is 14.8. The maximum atomic E-state index is 11.7. The molecule has 0 fully saturated rings. The van der Waals surface area contributed by atoms with Crippen LogP contribution in [0.25, 0.3) is 6.08 Å². The van der Waals surface area contributed by atoms with Crippen LogP contribution < -0.4 is 5.32 Å². The van der Waals surface area contributed by atoms with E-state index in [0.29, 0.717) is 25.1 Å². The quantitative estimate of drug-likeness (QED) is 0.806. The second-order valence-electron chi connectivity index (χ2n) is 4.37. The van der Waals surface area contributed by atoms with E-state index < -0.39 is 5.97 Å². The van der Waals surface area contributed by atoms with Crippen LogP contribution in [-0.4, -0.2) is 40.5 Å². The zero-order valence-electron chi connectivity index (χ0n) is 11.0. The number of pyridine rings is 1. The van der Waals surface area contributed by atoms with E-state index in [9.17, 15) is 9.59 Å². The number of nitrogens with zero attached hydrogens (tertiary/aromatic N) is 2. The van der Waals surface area contributed by atoms with Crippen LogP contribution in [-0.2, 0) is 16.1 Å². The lowest BCUT2D eigenvalue weighted by Crippen LogP contribution is -2.30. The summed E-state index contributed by atoms with van der Waals surface area (Å²) in [6.07, 6.45) is 4.60. The highest BCUT2D eigenvalue weighted by molar-refractivity contribution is 5.85. The summed E-state index contributed by atoms with van der Waals surface area (Å²) < 4.78 is 0. The van der Waals surface area contributed by atoms with Crippen LogP contribution in [0.15, 0.2) is 18.3 Å². The first-order valence-electron chi connectivity index (χ1n) is 5.94. The number of carboxylic acids is 1. The maximum absolute atomic E-state index is 11.7. The molecule has 2 N–H and O–H groups in total. The van der Waals surface area contributed by atoms with Crippen molar-refractivity contribution in [3.8, 4) is 0 Å². The molecule has 0 bridgehead atoms. The number of hydrogen-bond donors (Lipinski definition) is 2. The van der Waals surface area contributed by atoms with Crippen LogP contribution in [0.3, 0.4) is 0 Å². The van der Waals surface area contributed by atoms with Crippen molar-refractivity contribution < 1.29 is 14.7 Å². The molecule has 1 aliphatic heterocycles. The van der Waals surface area contributed by atoms with Gasteiger partial charge in [-0.15, -0.1) is 12.4 Å². The van der Waals surface area contributed by atoms with Crippen molar-refractivity contribution in [1.82, 2.24) is 9.88 Å². The lowest BCUT2D eigenvalue weighted by Gasteiger charge is -2.22. The number of halogens is 1. The molecular formula is C13H16ClN3O3. The van der Waals surface area contributed by atoms with Gasteiger partial charge in [0.2, 0.25) is 5.91 Å². The molecule has 0 radical (unpaired) electrons. The summed E-state index contributed by atoms with van der Waals surface area (Å²) in [6.45, 7) is 1.01. The number of rotatable bonds is 2. The number of aromatic nitrogens is 1. The molecule has 0 aliphatic carbocycles. The number of nitrogens with one attached hydrogen (secondary N) is 1. The van der Waals surface area contributed by atoms with Gasteiger partial charge in [-0.25, -0.2) is 9.78 Å². The molecule has 1 aliphatic rings. The molecular weight excluding hydrogens is 282 g/mol. The van der Waals surface area contributed by atoms with E-state index in [1.165, 1.54) is 6.08 Å². The topological polar surface area (TPSA) is 82.5 Å². The molecule has 0 aromatic carbocycles. The monoisotopic (exact) mass is 297 g/mol. The number of fused-ring (bicyclic) bond motifs is 1. The minimum absolute atomic E-state index is 0. The van der Waals surface area contributed by atoms with Crippen molar-refractivity contribution in [3.63, 3.8) is 0 Å². The van der Waals surface area contributed by atoms with Gasteiger partial charge >= 0.3 is 5.97 Å². The Morgan fingerprint density at radius 3 is 3.00 bits per heavy atom. The molecule has 108 valence electrons. The summed E-state index contributed by atoms with van der Waals surface area (Å²) in [6, 6.07) is 1.84. The van der Waals surface area contributed by atoms with Gasteiger partial charge in [0.25, 0.3) is 0 Å². The zero-order valence-corrected chi connectivity index (χ0v) is 11.8. The highest BCUT2D eigenvalue weighted by atomic mass is 35.5. The molecule has 0 spiro atoms. The van der Waals surface area contributed by atoms with E-state index in [1.807, 2.05) is 6.07 Å². The lowest BCUT2D eigenvalue weighted by atomic mass is 10.1. The van der Waals surface area contributed by atoms with Crippen LogP contribution in [0.4, 0.5) is 5.82 Å². The highest BCUT2D eigenvalue weighted by Crippen LogP contribution is 2.19. The molecule has 0 unspecified atom stereocenters. The van der Waals surface area contributed by atoms with Crippen molar-refractivity contribution in [3.05, 3.63) is 29.5 Å². The van der Waals surface area contributed by atoms with E-state index in [1.54, 1.807) is 18.1 Å². The van der Waals surface area contributed by atoms with Gasteiger partial charge in [0.15, 0.2) is 0 Å². The number of carboxylic acid groups (broad SMARTS) is 1.